The van der Waals surface area contributed by atoms with Gasteiger partial charge in [0.05, 0.1) is 21.8 Å². The number of thioether (sulfide) groups is 1. The SMILES string of the molecule is CC(Sc1nc2ccccc2c(=O)n1-c1ccccc1F)C(=O)N(C)C1CCCCC1. The van der Waals surface area contributed by atoms with Gasteiger partial charge in [-0.05, 0) is 44.0 Å². The zero-order valence-corrected chi connectivity index (χ0v) is 18.6. The van der Waals surface area contributed by atoms with Gasteiger partial charge in [0.2, 0.25) is 5.91 Å². The first-order chi connectivity index (χ1) is 15.0. The second kappa shape index (κ2) is 9.22. The average molecular weight is 440 g/mol. The molecule has 4 rings (SSSR count). The molecule has 162 valence electrons. The molecule has 1 atom stereocenters. The van der Waals surface area contributed by atoms with Crippen LogP contribution in [0, 0.1) is 5.82 Å². The molecular weight excluding hydrogens is 413 g/mol. The van der Waals surface area contributed by atoms with E-state index in [0.29, 0.717) is 16.1 Å². The maximum Gasteiger partial charge on any atom is 0.266 e. The van der Waals surface area contributed by atoms with Crippen LogP contribution in [0.2, 0.25) is 0 Å². The highest BCUT2D eigenvalue weighted by atomic mass is 32.2. The molecule has 1 aliphatic carbocycles. The molecule has 3 aromatic rings. The lowest BCUT2D eigenvalue weighted by Gasteiger charge is -2.32. The summed E-state index contributed by atoms with van der Waals surface area (Å²) in [6.07, 6.45) is 5.55. The summed E-state index contributed by atoms with van der Waals surface area (Å²) in [6, 6.07) is 13.4. The number of benzene rings is 2. The maximum absolute atomic E-state index is 14.6. The van der Waals surface area contributed by atoms with Gasteiger partial charge in [-0.3, -0.25) is 14.2 Å². The number of aromatic nitrogens is 2. The Labute approximate surface area is 185 Å². The lowest BCUT2D eigenvalue weighted by atomic mass is 9.94. The number of halogens is 1. The number of nitrogens with zero attached hydrogens (tertiary/aromatic N) is 3. The Kier molecular flexibility index (Phi) is 6.41. The van der Waals surface area contributed by atoms with Crippen molar-refractivity contribution in [2.24, 2.45) is 0 Å². The third-order valence-corrected chi connectivity index (χ3v) is 6.98. The van der Waals surface area contributed by atoms with Crippen LogP contribution in [-0.4, -0.2) is 38.7 Å². The van der Waals surface area contributed by atoms with Crippen molar-refractivity contribution in [1.82, 2.24) is 14.5 Å². The van der Waals surface area contributed by atoms with Gasteiger partial charge in [0.1, 0.15) is 5.82 Å². The fourth-order valence-corrected chi connectivity index (χ4v) is 5.20. The van der Waals surface area contributed by atoms with E-state index in [1.54, 1.807) is 36.4 Å². The molecule has 1 aliphatic rings. The lowest BCUT2D eigenvalue weighted by Crippen LogP contribution is -2.42. The number of hydrogen-bond acceptors (Lipinski definition) is 4. The first kappa shape index (κ1) is 21.6. The highest BCUT2D eigenvalue weighted by Crippen LogP contribution is 2.29. The molecular formula is C24H26FN3O2S. The molecule has 31 heavy (non-hydrogen) atoms. The number of fused-ring (bicyclic) bond motifs is 1. The van der Waals surface area contributed by atoms with Crippen LogP contribution in [0.4, 0.5) is 4.39 Å². The topological polar surface area (TPSA) is 55.2 Å². The Hall–Kier alpha value is -2.67. The van der Waals surface area contributed by atoms with Crippen molar-refractivity contribution in [3.63, 3.8) is 0 Å². The van der Waals surface area contributed by atoms with Gasteiger partial charge < -0.3 is 4.90 Å². The largest absolute Gasteiger partial charge is 0.342 e. The van der Waals surface area contributed by atoms with Crippen LogP contribution in [0.25, 0.3) is 16.6 Å². The summed E-state index contributed by atoms with van der Waals surface area (Å²) in [5.41, 5.74) is 0.315. The fourth-order valence-electron chi connectivity index (χ4n) is 4.18. The van der Waals surface area contributed by atoms with E-state index in [4.69, 9.17) is 0 Å². The Morgan fingerprint density at radius 1 is 1.13 bits per heavy atom. The Balaban J connectivity index is 1.72. The molecule has 7 heteroatoms. The van der Waals surface area contributed by atoms with Gasteiger partial charge in [0, 0.05) is 13.1 Å². The number of carbonyl (C=O) groups is 1. The van der Waals surface area contributed by atoms with Crippen LogP contribution in [0.3, 0.4) is 0 Å². The molecule has 0 bridgehead atoms. The molecule has 1 saturated carbocycles. The Morgan fingerprint density at radius 2 is 1.81 bits per heavy atom. The number of rotatable bonds is 5. The molecule has 0 aliphatic heterocycles. The molecule has 0 N–H and O–H groups in total. The molecule has 1 fully saturated rings. The molecule has 0 radical (unpaired) electrons. The van der Waals surface area contributed by atoms with E-state index in [2.05, 4.69) is 4.98 Å². The van der Waals surface area contributed by atoms with Crippen molar-refractivity contribution < 1.29 is 9.18 Å². The van der Waals surface area contributed by atoms with Crippen molar-refractivity contribution in [2.75, 3.05) is 7.05 Å². The molecule has 0 saturated heterocycles. The van der Waals surface area contributed by atoms with Crippen LogP contribution >= 0.6 is 11.8 Å². The number of hydrogen-bond donors (Lipinski definition) is 0. The summed E-state index contributed by atoms with van der Waals surface area (Å²) in [4.78, 5) is 32.9. The van der Waals surface area contributed by atoms with Gasteiger partial charge in [0.15, 0.2) is 5.16 Å². The van der Waals surface area contributed by atoms with Crippen LogP contribution in [0.15, 0.2) is 58.5 Å². The van der Waals surface area contributed by atoms with Crippen LogP contribution in [0.5, 0.6) is 0 Å². The van der Waals surface area contributed by atoms with Crippen molar-refractivity contribution in [2.45, 2.75) is 55.5 Å². The molecule has 5 nitrogen and oxygen atoms in total. The predicted molar refractivity (Wildman–Crippen MR) is 122 cm³/mol. The van der Waals surface area contributed by atoms with Gasteiger partial charge in [-0.15, -0.1) is 0 Å². The maximum atomic E-state index is 14.6. The van der Waals surface area contributed by atoms with E-state index in [0.717, 1.165) is 25.7 Å². The van der Waals surface area contributed by atoms with E-state index in [-0.39, 0.29) is 23.2 Å². The summed E-state index contributed by atoms with van der Waals surface area (Å²) in [5, 5.41) is 0.262. The molecule has 1 aromatic heterocycles. The van der Waals surface area contributed by atoms with E-state index in [9.17, 15) is 14.0 Å². The smallest absolute Gasteiger partial charge is 0.266 e. The molecule has 1 unspecified atom stereocenters. The zero-order chi connectivity index (χ0) is 22.0. The quantitative estimate of drug-likeness (QED) is 0.423. The van der Waals surface area contributed by atoms with Gasteiger partial charge in [0.25, 0.3) is 5.56 Å². The Bertz CT molecular complexity index is 1160. The molecule has 1 amide bonds. The van der Waals surface area contributed by atoms with E-state index in [1.807, 2.05) is 24.9 Å². The first-order valence-electron chi connectivity index (χ1n) is 10.7. The van der Waals surface area contributed by atoms with Gasteiger partial charge >= 0.3 is 0 Å². The molecule has 1 heterocycles. The van der Waals surface area contributed by atoms with Crippen molar-refractivity contribution in [3.8, 4) is 5.69 Å². The van der Waals surface area contributed by atoms with Gasteiger partial charge in [-0.2, -0.15) is 0 Å². The van der Waals surface area contributed by atoms with Crippen molar-refractivity contribution in [1.29, 1.82) is 0 Å². The number of amides is 1. The first-order valence-corrected chi connectivity index (χ1v) is 11.6. The zero-order valence-electron chi connectivity index (χ0n) is 17.8. The van der Waals surface area contributed by atoms with Crippen LogP contribution < -0.4 is 5.56 Å². The van der Waals surface area contributed by atoms with Crippen molar-refractivity contribution in [3.05, 3.63) is 64.7 Å². The summed E-state index contributed by atoms with van der Waals surface area (Å²) < 4.78 is 15.9. The summed E-state index contributed by atoms with van der Waals surface area (Å²) in [6.45, 7) is 1.82. The van der Waals surface area contributed by atoms with Crippen molar-refractivity contribution >= 4 is 28.6 Å². The minimum absolute atomic E-state index is 0.000564. The second-order valence-electron chi connectivity index (χ2n) is 8.00. The number of para-hydroxylation sites is 2. The second-order valence-corrected chi connectivity index (χ2v) is 9.31. The van der Waals surface area contributed by atoms with Gasteiger partial charge in [-0.1, -0.05) is 55.3 Å². The molecule has 0 spiro atoms. The third-order valence-electron chi connectivity index (χ3n) is 5.94. The number of carbonyl (C=O) groups excluding carboxylic acids is 1. The summed E-state index contributed by atoms with van der Waals surface area (Å²) in [7, 11) is 1.85. The van der Waals surface area contributed by atoms with E-state index >= 15 is 0 Å². The minimum Gasteiger partial charge on any atom is -0.342 e. The van der Waals surface area contributed by atoms with Crippen LogP contribution in [-0.2, 0) is 4.79 Å². The third kappa shape index (κ3) is 4.37. The van der Waals surface area contributed by atoms with Crippen LogP contribution in [0.1, 0.15) is 39.0 Å². The molecule has 2 aromatic carbocycles. The van der Waals surface area contributed by atoms with Gasteiger partial charge in [-0.25, -0.2) is 9.37 Å². The fraction of sp³-hybridized carbons (Fsp3) is 0.375. The van der Waals surface area contributed by atoms with E-state index < -0.39 is 11.1 Å². The minimum atomic E-state index is -0.512. The Morgan fingerprint density at radius 3 is 2.55 bits per heavy atom. The highest BCUT2D eigenvalue weighted by Gasteiger charge is 2.28. The standard InChI is InChI=1S/C24H26FN3O2S/c1-16(22(29)27(2)17-10-4-3-5-11-17)31-24-26-20-14-8-6-12-18(20)23(30)28(24)21-15-9-7-13-19(21)25/h6-9,12-17H,3-5,10-11H2,1-2H3. The monoisotopic (exact) mass is 439 g/mol. The lowest BCUT2D eigenvalue weighted by molar-refractivity contribution is -0.131. The predicted octanol–water partition coefficient (Wildman–Crippen LogP) is 4.80. The summed E-state index contributed by atoms with van der Waals surface area (Å²) in [5.74, 6) is -0.513. The average Bonchev–Trinajstić information content (AvgIpc) is 2.80. The van der Waals surface area contributed by atoms with E-state index in [1.165, 1.54) is 28.8 Å². The summed E-state index contributed by atoms with van der Waals surface area (Å²) >= 11 is 1.20. The normalized spacial score (nSPS) is 15.7. The highest BCUT2D eigenvalue weighted by molar-refractivity contribution is 8.00.